The number of benzene rings is 2. The number of fused-ring (bicyclic) bond motifs is 2. The van der Waals surface area contributed by atoms with Crippen molar-refractivity contribution in [2.75, 3.05) is 6.61 Å². The molecule has 2 aromatic carbocycles. The smallest absolute Gasteiger partial charge is 0.229 e. The molecule has 11 nitrogen and oxygen atoms in total. The van der Waals surface area contributed by atoms with Gasteiger partial charge in [-0.3, -0.25) is 4.79 Å². The van der Waals surface area contributed by atoms with E-state index in [1.54, 1.807) is 0 Å². The van der Waals surface area contributed by atoms with E-state index >= 15 is 0 Å². The first kappa shape index (κ1) is 20.2. The maximum Gasteiger partial charge on any atom is 0.229 e. The van der Waals surface area contributed by atoms with Gasteiger partial charge in [-0.25, -0.2) is 0 Å². The standard InChI is InChI=1S/C19H18O11/c20-5-11-14(24)16(26)17(27)19(30-11)28-6-3-9(23)12-10(4-6)29-18-8(22)2-1-7(21)13(18)15(12)25/h1-4,11,14,16-17,19-24,26-27H,5H2/t11-,14-,16+,17-,19-/m0/s1. The Bertz CT molecular complexity index is 1170. The number of rotatable bonds is 3. The molecule has 0 amide bonds. The average molecular weight is 422 g/mol. The minimum Gasteiger partial charge on any atom is -0.507 e. The molecule has 160 valence electrons. The van der Waals surface area contributed by atoms with Gasteiger partial charge in [0, 0.05) is 12.1 Å². The summed E-state index contributed by atoms with van der Waals surface area (Å²) in [4.78, 5) is 12.7. The number of aliphatic hydroxyl groups is 4. The fourth-order valence-corrected chi connectivity index (χ4v) is 3.37. The highest BCUT2D eigenvalue weighted by atomic mass is 16.7. The number of aromatic hydroxyl groups is 3. The Balaban J connectivity index is 1.79. The van der Waals surface area contributed by atoms with Crippen LogP contribution in [0.1, 0.15) is 0 Å². The van der Waals surface area contributed by atoms with Crippen molar-refractivity contribution in [3.8, 4) is 23.0 Å². The van der Waals surface area contributed by atoms with E-state index in [0.717, 1.165) is 18.2 Å². The van der Waals surface area contributed by atoms with Crippen LogP contribution in [0.15, 0.2) is 33.5 Å². The van der Waals surface area contributed by atoms with Crippen LogP contribution in [0.3, 0.4) is 0 Å². The van der Waals surface area contributed by atoms with Crippen molar-refractivity contribution in [3.05, 3.63) is 34.5 Å². The van der Waals surface area contributed by atoms with E-state index in [2.05, 4.69) is 0 Å². The monoisotopic (exact) mass is 422 g/mol. The van der Waals surface area contributed by atoms with Crippen molar-refractivity contribution in [2.45, 2.75) is 30.7 Å². The largest absolute Gasteiger partial charge is 0.507 e. The molecule has 0 saturated carbocycles. The fourth-order valence-electron chi connectivity index (χ4n) is 3.37. The van der Waals surface area contributed by atoms with Crippen LogP contribution in [0, 0.1) is 0 Å². The molecule has 3 aromatic rings. The molecule has 7 N–H and O–H groups in total. The number of hydrogen-bond acceptors (Lipinski definition) is 11. The zero-order chi connectivity index (χ0) is 21.7. The molecule has 1 aliphatic heterocycles. The van der Waals surface area contributed by atoms with Crippen LogP contribution < -0.4 is 10.2 Å². The molecule has 0 radical (unpaired) electrons. The minimum atomic E-state index is -1.69. The highest BCUT2D eigenvalue weighted by Gasteiger charge is 2.44. The fraction of sp³-hybridized carbons (Fsp3) is 0.316. The van der Waals surface area contributed by atoms with E-state index in [1.165, 1.54) is 6.07 Å². The van der Waals surface area contributed by atoms with Gasteiger partial charge in [-0.05, 0) is 12.1 Å². The molecule has 1 aliphatic rings. The van der Waals surface area contributed by atoms with E-state index < -0.39 is 60.0 Å². The maximum absolute atomic E-state index is 12.7. The Morgan fingerprint density at radius 2 is 1.60 bits per heavy atom. The van der Waals surface area contributed by atoms with Crippen LogP contribution in [-0.2, 0) is 4.74 Å². The van der Waals surface area contributed by atoms with Crippen molar-refractivity contribution in [3.63, 3.8) is 0 Å². The first-order valence-corrected chi connectivity index (χ1v) is 8.84. The number of phenols is 3. The molecule has 0 unspecified atom stereocenters. The van der Waals surface area contributed by atoms with Crippen LogP contribution in [0.2, 0.25) is 0 Å². The van der Waals surface area contributed by atoms with Gasteiger partial charge < -0.3 is 49.6 Å². The number of ether oxygens (including phenoxy) is 2. The Labute approximate surface area is 167 Å². The molecule has 5 atom stereocenters. The van der Waals surface area contributed by atoms with Crippen molar-refractivity contribution in [2.24, 2.45) is 0 Å². The lowest BCUT2D eigenvalue weighted by Crippen LogP contribution is -2.60. The SMILES string of the molecule is O=c1c2c(O)cc(O[C@H]3O[C@@H](CO)[C@H](O)[C@@H](O)[C@@H]3O)cc2oc2c(O)ccc(O)c12. The van der Waals surface area contributed by atoms with Crippen LogP contribution in [-0.4, -0.2) is 73.1 Å². The summed E-state index contributed by atoms with van der Waals surface area (Å²) in [7, 11) is 0. The molecule has 0 bridgehead atoms. The average Bonchev–Trinajstić information content (AvgIpc) is 2.70. The first-order chi connectivity index (χ1) is 14.2. The summed E-state index contributed by atoms with van der Waals surface area (Å²) in [5, 5.41) is 68.6. The van der Waals surface area contributed by atoms with Crippen molar-refractivity contribution >= 4 is 21.9 Å². The second kappa shape index (κ2) is 7.31. The topological polar surface area (TPSA) is 190 Å². The second-order valence-electron chi connectivity index (χ2n) is 6.87. The van der Waals surface area contributed by atoms with Crippen LogP contribution in [0.4, 0.5) is 0 Å². The summed E-state index contributed by atoms with van der Waals surface area (Å²) >= 11 is 0. The normalized spacial score (nSPS) is 26.9. The first-order valence-electron chi connectivity index (χ1n) is 8.84. The third-order valence-electron chi connectivity index (χ3n) is 4.94. The van der Waals surface area contributed by atoms with Crippen molar-refractivity contribution < 1.29 is 49.6 Å². The van der Waals surface area contributed by atoms with Gasteiger partial charge in [-0.1, -0.05) is 0 Å². The number of phenolic OH excluding ortho intramolecular Hbond substituents is 3. The van der Waals surface area contributed by atoms with Crippen LogP contribution in [0.5, 0.6) is 23.0 Å². The lowest BCUT2D eigenvalue weighted by atomic mass is 9.99. The third-order valence-corrected chi connectivity index (χ3v) is 4.94. The molecule has 1 saturated heterocycles. The number of hydrogen-bond donors (Lipinski definition) is 7. The third kappa shape index (κ3) is 3.09. The van der Waals surface area contributed by atoms with E-state index in [-0.39, 0.29) is 27.7 Å². The molecule has 11 heteroatoms. The molecule has 1 fully saturated rings. The molecule has 4 rings (SSSR count). The van der Waals surface area contributed by atoms with E-state index in [4.69, 9.17) is 13.9 Å². The van der Waals surface area contributed by atoms with Crippen molar-refractivity contribution in [1.29, 1.82) is 0 Å². The zero-order valence-corrected chi connectivity index (χ0v) is 15.2. The van der Waals surface area contributed by atoms with Crippen molar-refractivity contribution in [1.82, 2.24) is 0 Å². The van der Waals surface area contributed by atoms with Gasteiger partial charge in [0.05, 0.1) is 6.61 Å². The molecule has 30 heavy (non-hydrogen) atoms. The lowest BCUT2D eigenvalue weighted by Gasteiger charge is -2.39. The Kier molecular flexibility index (Phi) is 4.92. The molecule has 1 aromatic heterocycles. The highest BCUT2D eigenvalue weighted by Crippen LogP contribution is 2.36. The van der Waals surface area contributed by atoms with E-state index in [0.29, 0.717) is 0 Å². The molecule has 0 spiro atoms. The van der Waals surface area contributed by atoms with Gasteiger partial charge in [0.25, 0.3) is 0 Å². The molecular weight excluding hydrogens is 404 g/mol. The Morgan fingerprint density at radius 1 is 0.900 bits per heavy atom. The van der Waals surface area contributed by atoms with E-state index in [1.807, 2.05) is 0 Å². The van der Waals surface area contributed by atoms with Crippen LogP contribution in [0.25, 0.3) is 21.9 Å². The second-order valence-corrected chi connectivity index (χ2v) is 6.87. The molecular formula is C19H18O11. The zero-order valence-electron chi connectivity index (χ0n) is 15.2. The highest BCUT2D eigenvalue weighted by molar-refractivity contribution is 5.98. The predicted octanol–water partition coefficient (Wildman–Crippen LogP) is -0.758. The predicted molar refractivity (Wildman–Crippen MR) is 99.4 cm³/mol. The summed E-state index contributed by atoms with van der Waals surface area (Å²) in [5.41, 5.74) is -1.30. The quantitative estimate of drug-likeness (QED) is 0.207. The van der Waals surface area contributed by atoms with Gasteiger partial charge in [0.15, 0.2) is 11.3 Å². The Hall–Kier alpha value is -3.09. The van der Waals surface area contributed by atoms with Gasteiger partial charge in [-0.2, -0.15) is 0 Å². The van der Waals surface area contributed by atoms with Gasteiger partial charge >= 0.3 is 0 Å². The summed E-state index contributed by atoms with van der Waals surface area (Å²) < 4.78 is 16.1. The van der Waals surface area contributed by atoms with Gasteiger partial charge in [-0.15, -0.1) is 0 Å². The summed E-state index contributed by atoms with van der Waals surface area (Å²) in [6, 6.07) is 4.42. The lowest BCUT2D eigenvalue weighted by molar-refractivity contribution is -0.277. The summed E-state index contributed by atoms with van der Waals surface area (Å²) in [6.45, 7) is -0.655. The van der Waals surface area contributed by atoms with Crippen LogP contribution >= 0.6 is 0 Å². The summed E-state index contributed by atoms with van der Waals surface area (Å²) in [5.74, 6) is -1.59. The minimum absolute atomic E-state index is 0.147. The molecule has 0 aliphatic carbocycles. The summed E-state index contributed by atoms with van der Waals surface area (Å²) in [6.07, 6.45) is -7.66. The van der Waals surface area contributed by atoms with E-state index in [9.17, 15) is 40.5 Å². The van der Waals surface area contributed by atoms with Gasteiger partial charge in [0.2, 0.25) is 11.7 Å². The maximum atomic E-state index is 12.7. The number of aliphatic hydroxyl groups excluding tert-OH is 4. The Morgan fingerprint density at radius 3 is 2.30 bits per heavy atom. The molecule has 2 heterocycles. The van der Waals surface area contributed by atoms with Gasteiger partial charge in [0.1, 0.15) is 58.0 Å².